The fourth-order valence-electron chi connectivity index (χ4n) is 2.97. The third-order valence-electron chi connectivity index (χ3n) is 4.32. The van der Waals surface area contributed by atoms with E-state index in [0.717, 1.165) is 21.3 Å². The van der Waals surface area contributed by atoms with Gasteiger partial charge in [0.2, 0.25) is 12.1 Å². The van der Waals surface area contributed by atoms with Crippen molar-refractivity contribution in [2.75, 3.05) is 5.32 Å². The number of nitrogens with one attached hydrogen (secondary N) is 1. The van der Waals surface area contributed by atoms with Crippen LogP contribution in [0.3, 0.4) is 0 Å². The van der Waals surface area contributed by atoms with E-state index in [1.165, 1.54) is 5.56 Å². The highest BCUT2D eigenvalue weighted by Crippen LogP contribution is 2.20. The van der Waals surface area contributed by atoms with Crippen molar-refractivity contribution < 1.29 is 9.63 Å². The van der Waals surface area contributed by atoms with Crippen molar-refractivity contribution in [3.05, 3.63) is 76.0 Å². The standard InChI is InChI=1S/C20H18BrN5O2/c1-13-4-2-5-14(8-13)11-26-12-22-20(24-26)23-19(27)18-10-17(25-28-18)15-6-3-7-16(21)9-15/h2-9,12,18H,10-11H2,1H3,(H,23,24,27). The second-order valence-corrected chi connectivity index (χ2v) is 7.51. The number of carbonyl (C=O) groups is 1. The largest absolute Gasteiger partial charge is 0.382 e. The lowest BCUT2D eigenvalue weighted by molar-refractivity contribution is -0.125. The first-order valence-electron chi connectivity index (χ1n) is 8.81. The van der Waals surface area contributed by atoms with Gasteiger partial charge >= 0.3 is 0 Å². The molecule has 2 aromatic carbocycles. The zero-order valence-electron chi connectivity index (χ0n) is 15.2. The van der Waals surface area contributed by atoms with Crippen LogP contribution in [0.4, 0.5) is 5.95 Å². The topological polar surface area (TPSA) is 81.4 Å². The predicted octanol–water partition coefficient (Wildman–Crippen LogP) is 3.53. The minimum atomic E-state index is -0.697. The fourth-order valence-corrected chi connectivity index (χ4v) is 3.37. The molecule has 0 spiro atoms. The van der Waals surface area contributed by atoms with E-state index in [0.29, 0.717) is 13.0 Å². The maximum Gasteiger partial charge on any atom is 0.271 e. The Hall–Kier alpha value is -3.00. The lowest BCUT2D eigenvalue weighted by Gasteiger charge is -2.07. The van der Waals surface area contributed by atoms with E-state index in [4.69, 9.17) is 4.84 Å². The molecule has 8 heteroatoms. The van der Waals surface area contributed by atoms with Gasteiger partial charge in [0, 0.05) is 16.5 Å². The Morgan fingerprint density at radius 1 is 1.29 bits per heavy atom. The number of hydrogen-bond donors (Lipinski definition) is 1. The van der Waals surface area contributed by atoms with Crippen LogP contribution >= 0.6 is 15.9 Å². The number of aryl methyl sites for hydroxylation is 1. The van der Waals surface area contributed by atoms with E-state index in [9.17, 15) is 4.79 Å². The summed E-state index contributed by atoms with van der Waals surface area (Å²) < 4.78 is 2.63. The van der Waals surface area contributed by atoms with Gasteiger partial charge in [-0.3, -0.25) is 10.1 Å². The van der Waals surface area contributed by atoms with Gasteiger partial charge in [0.25, 0.3) is 5.91 Å². The fraction of sp³-hybridized carbons (Fsp3) is 0.200. The molecule has 0 saturated heterocycles. The van der Waals surface area contributed by atoms with Gasteiger partial charge in [-0.15, -0.1) is 5.10 Å². The summed E-state index contributed by atoms with van der Waals surface area (Å²) in [5.74, 6) is -0.0702. The molecule has 1 amide bonds. The molecule has 2 heterocycles. The summed E-state index contributed by atoms with van der Waals surface area (Å²) in [6.07, 6.45) is 1.29. The Bertz CT molecular complexity index is 1050. The van der Waals surface area contributed by atoms with E-state index in [1.54, 1.807) is 11.0 Å². The molecule has 0 aliphatic carbocycles. The highest BCUT2D eigenvalue weighted by Gasteiger charge is 2.29. The first-order chi connectivity index (χ1) is 13.6. The van der Waals surface area contributed by atoms with Gasteiger partial charge in [-0.05, 0) is 24.6 Å². The molecule has 1 unspecified atom stereocenters. The number of anilines is 1. The highest BCUT2D eigenvalue weighted by atomic mass is 79.9. The van der Waals surface area contributed by atoms with Gasteiger partial charge in [-0.25, -0.2) is 9.67 Å². The summed E-state index contributed by atoms with van der Waals surface area (Å²) in [6.45, 7) is 2.63. The molecule has 1 aromatic heterocycles. The first kappa shape index (κ1) is 18.4. The third-order valence-corrected chi connectivity index (χ3v) is 4.81. The van der Waals surface area contributed by atoms with E-state index in [2.05, 4.69) is 42.6 Å². The van der Waals surface area contributed by atoms with Crippen LogP contribution < -0.4 is 5.32 Å². The Kier molecular flexibility index (Phi) is 5.21. The molecule has 1 atom stereocenters. The van der Waals surface area contributed by atoms with Crippen LogP contribution in [-0.2, 0) is 16.2 Å². The molecule has 1 aliphatic heterocycles. The summed E-state index contributed by atoms with van der Waals surface area (Å²) in [5.41, 5.74) is 3.96. The second kappa shape index (κ2) is 7.93. The normalized spacial score (nSPS) is 15.8. The number of amides is 1. The van der Waals surface area contributed by atoms with Crippen LogP contribution in [0.25, 0.3) is 0 Å². The summed E-state index contributed by atoms with van der Waals surface area (Å²) in [5, 5.41) is 11.1. The van der Waals surface area contributed by atoms with Crippen LogP contribution in [0.1, 0.15) is 23.1 Å². The minimum absolute atomic E-state index is 0.247. The number of rotatable bonds is 5. The maximum absolute atomic E-state index is 12.5. The molecular weight excluding hydrogens is 422 g/mol. The Morgan fingerprint density at radius 2 is 2.14 bits per heavy atom. The second-order valence-electron chi connectivity index (χ2n) is 6.59. The molecule has 0 bridgehead atoms. The molecule has 4 rings (SSSR count). The van der Waals surface area contributed by atoms with Gasteiger partial charge in [0.15, 0.2) is 0 Å². The van der Waals surface area contributed by atoms with Gasteiger partial charge < -0.3 is 4.84 Å². The lowest BCUT2D eigenvalue weighted by Crippen LogP contribution is -2.28. The van der Waals surface area contributed by atoms with Crippen molar-refractivity contribution in [2.45, 2.75) is 26.0 Å². The molecule has 1 aliphatic rings. The molecule has 28 heavy (non-hydrogen) atoms. The Balaban J connectivity index is 1.35. The number of halogens is 1. The SMILES string of the molecule is Cc1cccc(Cn2cnc(NC(=O)C3CC(c4cccc(Br)c4)=NO3)n2)c1. The molecule has 1 N–H and O–H groups in total. The number of benzene rings is 2. The number of carbonyl (C=O) groups excluding carboxylic acids is 1. The van der Waals surface area contributed by atoms with E-state index >= 15 is 0 Å². The number of nitrogens with zero attached hydrogens (tertiary/aromatic N) is 4. The molecule has 0 fully saturated rings. The minimum Gasteiger partial charge on any atom is -0.382 e. The van der Waals surface area contributed by atoms with E-state index in [-0.39, 0.29) is 11.9 Å². The maximum atomic E-state index is 12.5. The summed E-state index contributed by atoms with van der Waals surface area (Å²) >= 11 is 3.43. The number of hydrogen-bond acceptors (Lipinski definition) is 5. The summed E-state index contributed by atoms with van der Waals surface area (Å²) in [7, 11) is 0. The molecule has 7 nitrogen and oxygen atoms in total. The predicted molar refractivity (Wildman–Crippen MR) is 109 cm³/mol. The summed E-state index contributed by atoms with van der Waals surface area (Å²) in [6, 6.07) is 15.9. The zero-order valence-corrected chi connectivity index (χ0v) is 16.8. The third kappa shape index (κ3) is 4.28. The van der Waals surface area contributed by atoms with E-state index in [1.807, 2.05) is 49.4 Å². The monoisotopic (exact) mass is 439 g/mol. The zero-order chi connectivity index (χ0) is 19.5. The Morgan fingerprint density at radius 3 is 2.96 bits per heavy atom. The smallest absolute Gasteiger partial charge is 0.271 e. The molecular formula is C20H18BrN5O2. The van der Waals surface area contributed by atoms with E-state index < -0.39 is 6.10 Å². The van der Waals surface area contributed by atoms with Gasteiger partial charge in [0.05, 0.1) is 12.3 Å². The van der Waals surface area contributed by atoms with Crippen molar-refractivity contribution in [2.24, 2.45) is 5.16 Å². The molecule has 3 aromatic rings. The molecule has 142 valence electrons. The molecule has 0 radical (unpaired) electrons. The lowest BCUT2D eigenvalue weighted by atomic mass is 10.0. The van der Waals surface area contributed by atoms with Crippen LogP contribution in [0.5, 0.6) is 0 Å². The average Bonchev–Trinajstić information content (AvgIpc) is 3.32. The number of oxime groups is 1. The van der Waals surface area contributed by atoms with Gasteiger partial charge in [-0.1, -0.05) is 63.0 Å². The van der Waals surface area contributed by atoms with Crippen molar-refractivity contribution in [3.8, 4) is 0 Å². The van der Waals surface area contributed by atoms with Crippen LogP contribution in [0.15, 0.2) is 64.5 Å². The van der Waals surface area contributed by atoms with Crippen LogP contribution in [0.2, 0.25) is 0 Å². The van der Waals surface area contributed by atoms with Crippen molar-refractivity contribution in [3.63, 3.8) is 0 Å². The Labute approximate surface area is 170 Å². The average molecular weight is 440 g/mol. The first-order valence-corrected chi connectivity index (χ1v) is 9.60. The van der Waals surface area contributed by atoms with Crippen molar-refractivity contribution in [1.82, 2.24) is 14.8 Å². The van der Waals surface area contributed by atoms with Gasteiger partial charge in [-0.2, -0.15) is 0 Å². The van der Waals surface area contributed by atoms with Crippen molar-refractivity contribution in [1.29, 1.82) is 0 Å². The molecule has 0 saturated carbocycles. The summed E-state index contributed by atoms with van der Waals surface area (Å²) in [4.78, 5) is 21.9. The van der Waals surface area contributed by atoms with Gasteiger partial charge in [0.1, 0.15) is 6.33 Å². The van der Waals surface area contributed by atoms with Crippen molar-refractivity contribution >= 4 is 33.5 Å². The number of aromatic nitrogens is 3. The quantitative estimate of drug-likeness (QED) is 0.658. The van der Waals surface area contributed by atoms with Crippen LogP contribution in [-0.4, -0.2) is 32.5 Å². The highest BCUT2D eigenvalue weighted by molar-refractivity contribution is 9.10. The van der Waals surface area contributed by atoms with Crippen LogP contribution in [0, 0.1) is 6.92 Å².